The molecule has 0 spiro atoms. The van der Waals surface area contributed by atoms with Crippen LogP contribution >= 0.6 is 0 Å². The Morgan fingerprint density at radius 2 is 1.36 bits per heavy atom. The van der Waals surface area contributed by atoms with Gasteiger partial charge in [-0.15, -0.1) is 0 Å². The molecule has 0 N–H and O–H groups in total. The zero-order valence-corrected chi connectivity index (χ0v) is 28.7. The predicted molar refractivity (Wildman–Crippen MR) is 166 cm³/mol. The van der Waals surface area contributed by atoms with Crippen LogP contribution in [-0.2, 0) is 23.8 Å². The zero-order valence-electron chi connectivity index (χ0n) is 28.7. The van der Waals surface area contributed by atoms with E-state index in [1.165, 1.54) is 42.5 Å². The molecule has 45 heavy (non-hydrogen) atoms. The largest absolute Gasteiger partial charge is 0.495 e. The summed E-state index contributed by atoms with van der Waals surface area (Å²) in [6.45, 7) is 12.5. The van der Waals surface area contributed by atoms with E-state index in [4.69, 9.17) is 28.4 Å². The molecule has 1 aromatic rings. The van der Waals surface area contributed by atoms with E-state index < -0.39 is 23.3 Å². The average molecular weight is 631 g/mol. The van der Waals surface area contributed by atoms with E-state index in [2.05, 4.69) is 27.7 Å². The number of fused-ring (bicyclic) bond motifs is 3. The van der Waals surface area contributed by atoms with E-state index in [9.17, 15) is 19.2 Å². The van der Waals surface area contributed by atoms with E-state index in [1.54, 1.807) is 0 Å². The van der Waals surface area contributed by atoms with E-state index >= 15 is 0 Å². The summed E-state index contributed by atoms with van der Waals surface area (Å²) in [5.74, 6) is -1.26. The topological polar surface area (TPSA) is 124 Å². The summed E-state index contributed by atoms with van der Waals surface area (Å²) in [4.78, 5) is 53.4. The highest BCUT2D eigenvalue weighted by molar-refractivity contribution is 6.05. The van der Waals surface area contributed by atoms with Gasteiger partial charge in [-0.3, -0.25) is 9.59 Å². The fraction of sp³-hybridized carbons (Fsp3) is 0.714. The number of Topliss-reactive ketones (excluding diaryl/α,β-unsaturated/α-hetero) is 1. The summed E-state index contributed by atoms with van der Waals surface area (Å²) < 4.78 is 33.5. The lowest BCUT2D eigenvalue weighted by Crippen LogP contribution is -2.41. The summed E-state index contributed by atoms with van der Waals surface area (Å²) in [6.07, 6.45) is 2.78. The Morgan fingerprint density at radius 3 is 1.80 bits per heavy atom. The van der Waals surface area contributed by atoms with Crippen molar-refractivity contribution in [2.45, 2.75) is 73.1 Å². The second-order valence-corrected chi connectivity index (χ2v) is 14.1. The van der Waals surface area contributed by atoms with Gasteiger partial charge in [-0.25, -0.2) is 9.59 Å². The van der Waals surface area contributed by atoms with Crippen molar-refractivity contribution < 1.29 is 47.6 Å². The van der Waals surface area contributed by atoms with Crippen LogP contribution in [-0.4, -0.2) is 65.8 Å². The van der Waals surface area contributed by atoms with Crippen LogP contribution in [0.5, 0.6) is 17.2 Å². The van der Waals surface area contributed by atoms with E-state index in [1.807, 2.05) is 6.92 Å². The summed E-state index contributed by atoms with van der Waals surface area (Å²) >= 11 is 0. The van der Waals surface area contributed by atoms with Crippen molar-refractivity contribution in [3.63, 3.8) is 0 Å². The van der Waals surface area contributed by atoms with Gasteiger partial charge in [0.25, 0.3) is 0 Å². The fourth-order valence-corrected chi connectivity index (χ4v) is 9.16. The molecule has 2 unspecified atom stereocenters. The highest BCUT2D eigenvalue weighted by Gasteiger charge is 2.71. The molecule has 0 radical (unpaired) electrons. The Labute approximate surface area is 266 Å². The first-order chi connectivity index (χ1) is 21.2. The van der Waals surface area contributed by atoms with Crippen LogP contribution in [0.2, 0.25) is 0 Å². The first-order valence-corrected chi connectivity index (χ1v) is 15.9. The second-order valence-electron chi connectivity index (χ2n) is 14.1. The van der Waals surface area contributed by atoms with E-state index in [-0.39, 0.29) is 81.7 Å². The molecule has 0 bridgehead atoms. The lowest BCUT2D eigenvalue weighted by atomic mass is 9.59. The summed E-state index contributed by atoms with van der Waals surface area (Å²) in [5.41, 5.74) is -0.595. The lowest BCUT2D eigenvalue weighted by Gasteiger charge is -2.43. The van der Waals surface area contributed by atoms with Gasteiger partial charge in [0, 0.05) is 30.2 Å². The molecule has 4 rings (SSSR count). The molecule has 0 heterocycles. The highest BCUT2D eigenvalue weighted by atomic mass is 16.5. The summed E-state index contributed by atoms with van der Waals surface area (Å²) in [6, 6.07) is 0. The van der Waals surface area contributed by atoms with Crippen LogP contribution in [0.25, 0.3) is 0 Å². The van der Waals surface area contributed by atoms with Gasteiger partial charge in [0.05, 0.1) is 42.2 Å². The smallest absolute Gasteiger partial charge is 0.345 e. The van der Waals surface area contributed by atoms with Gasteiger partial charge in [-0.05, 0) is 60.2 Å². The molecule has 0 amide bonds. The van der Waals surface area contributed by atoms with Gasteiger partial charge in [0.1, 0.15) is 28.4 Å². The number of carbonyl (C=O) groups is 4. The Morgan fingerprint density at radius 1 is 0.822 bits per heavy atom. The van der Waals surface area contributed by atoms with Crippen LogP contribution in [0.4, 0.5) is 0 Å². The van der Waals surface area contributed by atoms with Crippen LogP contribution in [0.3, 0.4) is 0 Å². The van der Waals surface area contributed by atoms with Crippen LogP contribution < -0.4 is 14.2 Å². The highest BCUT2D eigenvalue weighted by Crippen LogP contribution is 2.75. The average Bonchev–Trinajstić information content (AvgIpc) is 3.50. The normalized spacial score (nSPS) is 28.7. The molecule has 0 saturated heterocycles. The quantitative estimate of drug-likeness (QED) is 0.217. The molecular formula is C35H50O10. The van der Waals surface area contributed by atoms with Crippen molar-refractivity contribution in [3.8, 4) is 17.2 Å². The molecule has 7 atom stereocenters. The molecule has 250 valence electrons. The Kier molecular flexibility index (Phi) is 9.86. The fourth-order valence-electron chi connectivity index (χ4n) is 9.16. The second kappa shape index (κ2) is 12.8. The van der Waals surface area contributed by atoms with Crippen LogP contribution in [0.15, 0.2) is 0 Å². The molecule has 3 aliphatic rings. The lowest BCUT2D eigenvalue weighted by molar-refractivity contribution is -0.143. The number of hydrogen-bond donors (Lipinski definition) is 0. The van der Waals surface area contributed by atoms with Crippen LogP contribution in [0, 0.1) is 46.3 Å². The predicted octanol–water partition coefficient (Wildman–Crippen LogP) is 5.87. The standard InChI is InChI=1S/C35H50O10/c1-17(2)14-22(24-29(40-7)25(32(38)43-10)31(42-9)26(30(24)41-8)33(39)44-11)35(6)23(37)15-20-19(16-45-18(3)36)12-13-21-28(27(20)35)34(21,4)5/h17,19-22,27-28H,12-16H2,1-11H3/t19-,20+,21?,22+,27-,28?,35+/m1/s1. The first-order valence-electron chi connectivity index (χ1n) is 15.9. The third kappa shape index (κ3) is 5.56. The number of esters is 3. The van der Waals surface area contributed by atoms with Crippen molar-refractivity contribution in [1.82, 2.24) is 0 Å². The van der Waals surface area contributed by atoms with Crippen molar-refractivity contribution in [1.29, 1.82) is 0 Å². The molecule has 3 saturated carbocycles. The zero-order chi connectivity index (χ0) is 33.6. The molecule has 0 aliphatic heterocycles. The van der Waals surface area contributed by atoms with Crippen molar-refractivity contribution in [3.05, 3.63) is 16.7 Å². The van der Waals surface area contributed by atoms with Gasteiger partial charge in [-0.2, -0.15) is 0 Å². The Balaban J connectivity index is 2.07. The first kappa shape index (κ1) is 34.6. The monoisotopic (exact) mass is 630 g/mol. The molecule has 10 heteroatoms. The third-order valence-corrected chi connectivity index (χ3v) is 11.2. The Bertz CT molecular complexity index is 1300. The molecular weight excluding hydrogens is 580 g/mol. The summed E-state index contributed by atoms with van der Waals surface area (Å²) in [7, 11) is 6.71. The van der Waals surface area contributed by atoms with Gasteiger partial charge < -0.3 is 28.4 Å². The Hall–Kier alpha value is -3.30. The maximum atomic E-state index is 14.7. The van der Waals surface area contributed by atoms with Crippen molar-refractivity contribution >= 4 is 23.7 Å². The number of ether oxygens (including phenoxy) is 6. The van der Waals surface area contributed by atoms with Crippen molar-refractivity contribution in [2.75, 3.05) is 42.2 Å². The number of hydrogen-bond acceptors (Lipinski definition) is 10. The summed E-state index contributed by atoms with van der Waals surface area (Å²) in [5, 5.41) is 0. The van der Waals surface area contributed by atoms with Gasteiger partial charge >= 0.3 is 17.9 Å². The van der Waals surface area contributed by atoms with E-state index in [0.717, 1.165) is 12.8 Å². The maximum Gasteiger partial charge on any atom is 0.345 e. The minimum absolute atomic E-state index is 0.00341. The van der Waals surface area contributed by atoms with Crippen molar-refractivity contribution in [2.24, 2.45) is 46.3 Å². The minimum atomic E-state index is -0.930. The number of benzene rings is 1. The molecule has 0 aromatic heterocycles. The van der Waals surface area contributed by atoms with Gasteiger partial charge in [0.15, 0.2) is 5.75 Å². The number of ketones is 1. The van der Waals surface area contributed by atoms with Crippen LogP contribution in [0.1, 0.15) is 99.4 Å². The number of rotatable bonds is 11. The van der Waals surface area contributed by atoms with Gasteiger partial charge in [0.2, 0.25) is 0 Å². The minimum Gasteiger partial charge on any atom is -0.495 e. The maximum absolute atomic E-state index is 14.7. The SMILES string of the molecule is COC(=O)c1c(OC)c(C(=O)OC)c(OC)c([C@H](CC(C)C)[C@@]2(C)C(=O)C[C@H]3[C@@H](COC(C)=O)CCC4C([C@@H]32)C4(C)C)c1OC. The van der Waals surface area contributed by atoms with Gasteiger partial charge in [-0.1, -0.05) is 34.6 Å². The third-order valence-electron chi connectivity index (χ3n) is 11.2. The molecule has 10 nitrogen and oxygen atoms in total. The number of carbonyl (C=O) groups excluding carboxylic acids is 4. The molecule has 3 aliphatic carbocycles. The molecule has 3 fully saturated rings. The number of methoxy groups -OCH3 is 5. The van der Waals surface area contributed by atoms with E-state index in [0.29, 0.717) is 24.3 Å². The molecule has 1 aromatic carbocycles.